The molecule has 2 aromatic rings. The second-order valence-corrected chi connectivity index (χ2v) is 12.4. The normalized spacial score (nSPS) is 12.5. The molecule has 0 fully saturated rings. The molecule has 204 valence electrons. The highest BCUT2D eigenvalue weighted by molar-refractivity contribution is 7.92. The Bertz CT molecular complexity index is 1200. The number of anilines is 1. The number of hydrogen-bond donors (Lipinski definition) is 1. The number of benzene rings is 2. The van der Waals surface area contributed by atoms with E-state index in [-0.39, 0.29) is 12.5 Å². The lowest BCUT2D eigenvalue weighted by Gasteiger charge is -2.34. The van der Waals surface area contributed by atoms with Crippen molar-refractivity contribution in [1.29, 1.82) is 0 Å². The van der Waals surface area contributed by atoms with Crippen LogP contribution in [0, 0.1) is 0 Å². The average molecular weight is 573 g/mol. The number of rotatable bonds is 11. The number of halogens is 2. The van der Waals surface area contributed by atoms with Gasteiger partial charge in [0.1, 0.15) is 18.3 Å². The van der Waals surface area contributed by atoms with Crippen LogP contribution in [-0.2, 0) is 26.2 Å². The summed E-state index contributed by atoms with van der Waals surface area (Å²) in [5.74, 6) is -0.297. The van der Waals surface area contributed by atoms with Crippen LogP contribution in [0.25, 0.3) is 0 Å². The van der Waals surface area contributed by atoms with Gasteiger partial charge in [-0.15, -0.1) is 0 Å². The van der Waals surface area contributed by atoms with E-state index in [2.05, 4.69) is 5.32 Å². The molecule has 11 heteroatoms. The summed E-state index contributed by atoms with van der Waals surface area (Å²) >= 11 is 12.2. The van der Waals surface area contributed by atoms with Gasteiger partial charge in [0.05, 0.1) is 28.6 Å². The van der Waals surface area contributed by atoms with E-state index in [9.17, 15) is 18.0 Å². The van der Waals surface area contributed by atoms with E-state index in [1.165, 1.54) is 4.90 Å². The van der Waals surface area contributed by atoms with Crippen molar-refractivity contribution < 1.29 is 22.7 Å². The number of amides is 2. The molecule has 0 heterocycles. The molecule has 37 heavy (non-hydrogen) atoms. The lowest BCUT2D eigenvalue weighted by molar-refractivity contribution is -0.141. The van der Waals surface area contributed by atoms with Gasteiger partial charge in [-0.2, -0.15) is 0 Å². The summed E-state index contributed by atoms with van der Waals surface area (Å²) < 4.78 is 31.9. The van der Waals surface area contributed by atoms with Crippen molar-refractivity contribution in [2.75, 3.05) is 23.7 Å². The largest absolute Gasteiger partial charge is 0.494 e. The Morgan fingerprint density at radius 1 is 1.03 bits per heavy atom. The Hall–Kier alpha value is -2.49. The molecule has 2 rings (SSSR count). The van der Waals surface area contributed by atoms with E-state index in [1.807, 2.05) is 27.7 Å². The highest BCUT2D eigenvalue weighted by atomic mass is 35.5. The fourth-order valence-corrected chi connectivity index (χ4v) is 4.87. The van der Waals surface area contributed by atoms with E-state index in [0.717, 1.165) is 10.6 Å². The first-order valence-electron chi connectivity index (χ1n) is 11.9. The summed E-state index contributed by atoms with van der Waals surface area (Å²) in [6.45, 7) is 9.19. The van der Waals surface area contributed by atoms with Crippen molar-refractivity contribution in [1.82, 2.24) is 10.2 Å². The summed E-state index contributed by atoms with van der Waals surface area (Å²) in [4.78, 5) is 28.3. The zero-order valence-corrected chi connectivity index (χ0v) is 24.4. The van der Waals surface area contributed by atoms with Crippen LogP contribution < -0.4 is 14.4 Å². The van der Waals surface area contributed by atoms with E-state index in [0.29, 0.717) is 40.1 Å². The minimum Gasteiger partial charge on any atom is -0.494 e. The third kappa shape index (κ3) is 9.09. The van der Waals surface area contributed by atoms with Gasteiger partial charge in [-0.3, -0.25) is 13.9 Å². The number of carbonyl (C=O) groups is 2. The Balaban J connectivity index is 2.46. The van der Waals surface area contributed by atoms with Crippen molar-refractivity contribution in [3.05, 3.63) is 58.1 Å². The number of carbonyl (C=O) groups excluding carboxylic acids is 2. The molecule has 0 unspecified atom stereocenters. The zero-order valence-electron chi connectivity index (χ0n) is 22.0. The van der Waals surface area contributed by atoms with Crippen LogP contribution in [0.5, 0.6) is 5.75 Å². The molecule has 2 amide bonds. The minimum atomic E-state index is -3.83. The van der Waals surface area contributed by atoms with E-state index < -0.39 is 34.1 Å². The van der Waals surface area contributed by atoms with Crippen molar-refractivity contribution in [2.24, 2.45) is 0 Å². The molecular formula is C26H35Cl2N3O5S. The van der Waals surface area contributed by atoms with Crippen molar-refractivity contribution in [3.8, 4) is 5.75 Å². The summed E-state index contributed by atoms with van der Waals surface area (Å²) in [7, 11) is -3.83. The van der Waals surface area contributed by atoms with Gasteiger partial charge in [0.2, 0.25) is 21.8 Å². The number of nitrogens with one attached hydrogen (secondary N) is 1. The van der Waals surface area contributed by atoms with Gasteiger partial charge in [0, 0.05) is 12.1 Å². The molecule has 8 nitrogen and oxygen atoms in total. The summed E-state index contributed by atoms with van der Waals surface area (Å²) in [6.07, 6.45) is 1.35. The standard InChI is InChI=1S/C26H35Cl2N3O5S/c1-7-23(25(33)29-26(3,4)5)30(16-18-9-14-21(27)22(28)15-18)24(32)17-31(37(6,34)35)19-10-12-20(13-11-19)36-8-2/h9-15,23H,7-8,16-17H2,1-6H3,(H,29,33)/t23-/m0/s1. The van der Waals surface area contributed by atoms with Gasteiger partial charge in [-0.25, -0.2) is 8.42 Å². The van der Waals surface area contributed by atoms with Crippen LogP contribution in [0.3, 0.4) is 0 Å². The maximum atomic E-state index is 13.7. The van der Waals surface area contributed by atoms with E-state index >= 15 is 0 Å². The Kier molecular flexibility index (Phi) is 10.7. The van der Waals surface area contributed by atoms with Crippen molar-refractivity contribution in [3.63, 3.8) is 0 Å². The number of sulfonamides is 1. The van der Waals surface area contributed by atoms with Crippen LogP contribution in [0.2, 0.25) is 10.0 Å². The van der Waals surface area contributed by atoms with E-state index in [4.69, 9.17) is 27.9 Å². The molecule has 0 aromatic heterocycles. The lowest BCUT2D eigenvalue weighted by Crippen LogP contribution is -2.55. The molecule has 2 aromatic carbocycles. The molecule has 1 atom stereocenters. The predicted octanol–water partition coefficient (Wildman–Crippen LogP) is 4.88. The molecule has 0 saturated carbocycles. The van der Waals surface area contributed by atoms with Crippen LogP contribution in [-0.4, -0.2) is 56.1 Å². The van der Waals surface area contributed by atoms with Gasteiger partial charge in [-0.1, -0.05) is 36.2 Å². The van der Waals surface area contributed by atoms with Gasteiger partial charge >= 0.3 is 0 Å². The second-order valence-electron chi connectivity index (χ2n) is 9.63. The molecular weight excluding hydrogens is 537 g/mol. The van der Waals surface area contributed by atoms with Crippen LogP contribution in [0.4, 0.5) is 5.69 Å². The van der Waals surface area contributed by atoms with E-state index in [1.54, 1.807) is 49.4 Å². The Morgan fingerprint density at radius 2 is 1.65 bits per heavy atom. The lowest BCUT2D eigenvalue weighted by atomic mass is 10.1. The monoisotopic (exact) mass is 571 g/mol. The van der Waals surface area contributed by atoms with Crippen LogP contribution in [0.15, 0.2) is 42.5 Å². The predicted molar refractivity (Wildman–Crippen MR) is 149 cm³/mol. The fourth-order valence-electron chi connectivity index (χ4n) is 3.70. The number of ether oxygens (including phenoxy) is 1. The highest BCUT2D eigenvalue weighted by Gasteiger charge is 2.33. The molecule has 0 aliphatic heterocycles. The van der Waals surface area contributed by atoms with Crippen LogP contribution >= 0.6 is 23.2 Å². The van der Waals surface area contributed by atoms with Crippen molar-refractivity contribution >= 4 is 50.7 Å². The Morgan fingerprint density at radius 3 is 2.14 bits per heavy atom. The molecule has 0 aliphatic carbocycles. The second kappa shape index (κ2) is 12.8. The van der Waals surface area contributed by atoms with Gasteiger partial charge in [-0.05, 0) is 76.1 Å². The molecule has 1 N–H and O–H groups in total. The average Bonchev–Trinajstić information content (AvgIpc) is 2.78. The molecule has 0 spiro atoms. The minimum absolute atomic E-state index is 0.0344. The number of hydrogen-bond acceptors (Lipinski definition) is 5. The Labute approximate surface area is 229 Å². The first-order chi connectivity index (χ1) is 17.2. The van der Waals surface area contributed by atoms with Gasteiger partial charge in [0.15, 0.2) is 0 Å². The SMILES string of the molecule is CCOc1ccc(N(CC(=O)N(Cc2ccc(Cl)c(Cl)c2)[C@@H](CC)C(=O)NC(C)(C)C)S(C)(=O)=O)cc1. The first kappa shape index (κ1) is 30.7. The zero-order chi connectivity index (χ0) is 28.0. The maximum absolute atomic E-state index is 13.7. The third-order valence-corrected chi connectivity index (χ3v) is 7.22. The van der Waals surface area contributed by atoms with Gasteiger partial charge < -0.3 is 15.0 Å². The van der Waals surface area contributed by atoms with Crippen LogP contribution in [0.1, 0.15) is 46.6 Å². The first-order valence-corrected chi connectivity index (χ1v) is 14.5. The molecule has 0 bridgehead atoms. The maximum Gasteiger partial charge on any atom is 0.244 e. The summed E-state index contributed by atoms with van der Waals surface area (Å²) in [5, 5.41) is 3.59. The highest BCUT2D eigenvalue weighted by Crippen LogP contribution is 2.26. The molecule has 0 saturated heterocycles. The molecule has 0 aliphatic rings. The van der Waals surface area contributed by atoms with Gasteiger partial charge in [0.25, 0.3) is 0 Å². The molecule has 0 radical (unpaired) electrons. The summed E-state index contributed by atoms with van der Waals surface area (Å²) in [5.41, 5.74) is 0.432. The number of nitrogens with zero attached hydrogens (tertiary/aromatic N) is 2. The quantitative estimate of drug-likeness (QED) is 0.414. The summed E-state index contributed by atoms with van der Waals surface area (Å²) in [6, 6.07) is 10.5. The van der Waals surface area contributed by atoms with Crippen molar-refractivity contribution in [2.45, 2.75) is 59.2 Å². The topological polar surface area (TPSA) is 96.0 Å². The smallest absolute Gasteiger partial charge is 0.244 e. The third-order valence-electron chi connectivity index (χ3n) is 5.34. The fraction of sp³-hybridized carbons (Fsp3) is 0.462.